The number of benzene rings is 1. The summed E-state index contributed by atoms with van der Waals surface area (Å²) < 4.78 is 19.0. The molecule has 0 heterocycles. The van der Waals surface area contributed by atoms with Crippen molar-refractivity contribution >= 4 is 17.7 Å². The van der Waals surface area contributed by atoms with Gasteiger partial charge in [0.1, 0.15) is 23.2 Å². The normalized spacial score (nSPS) is 12.7. The van der Waals surface area contributed by atoms with Crippen LogP contribution in [0.2, 0.25) is 5.02 Å². The first kappa shape index (κ1) is 16.3. The molecular weight excluding hydrogens is 285 g/mol. The summed E-state index contributed by atoms with van der Waals surface area (Å²) in [5.41, 5.74) is -0.700. The lowest BCUT2D eigenvalue weighted by Crippen LogP contribution is -2.36. The van der Waals surface area contributed by atoms with Gasteiger partial charge in [-0.15, -0.1) is 0 Å². The van der Waals surface area contributed by atoms with Gasteiger partial charge >= 0.3 is 6.09 Å². The Morgan fingerprint density at radius 1 is 1.50 bits per heavy atom. The van der Waals surface area contributed by atoms with Gasteiger partial charge in [-0.3, -0.25) is 0 Å². The minimum atomic E-state index is -1.14. The lowest BCUT2D eigenvalue weighted by atomic mass is 10.1. The molecule has 2 N–H and O–H groups in total. The summed E-state index contributed by atoms with van der Waals surface area (Å²) in [6, 6.07) is 3.13. The molecule has 1 aromatic rings. The van der Waals surface area contributed by atoms with Crippen molar-refractivity contribution in [1.82, 2.24) is 5.32 Å². The van der Waals surface area contributed by atoms with Gasteiger partial charge in [0.2, 0.25) is 0 Å². The lowest BCUT2D eigenvalue weighted by molar-refractivity contribution is 0.0500. The topological polar surface area (TPSA) is 58.6 Å². The third kappa shape index (κ3) is 4.42. The van der Waals surface area contributed by atoms with E-state index in [-0.39, 0.29) is 10.6 Å². The first-order valence-electron chi connectivity index (χ1n) is 5.93. The van der Waals surface area contributed by atoms with Crippen molar-refractivity contribution in [3.63, 3.8) is 0 Å². The number of aliphatic hydroxyl groups is 1. The Kier molecular flexibility index (Phi) is 5.00. The molecule has 0 aliphatic rings. The number of aliphatic hydroxyl groups excluding tert-OH is 1. The Bertz CT molecular complexity index is 526. The van der Waals surface area contributed by atoms with E-state index in [1.54, 1.807) is 20.8 Å². The van der Waals surface area contributed by atoms with Gasteiger partial charge in [0.25, 0.3) is 0 Å². The molecule has 0 saturated carbocycles. The first-order chi connectivity index (χ1) is 9.11. The van der Waals surface area contributed by atoms with Gasteiger partial charge in [-0.1, -0.05) is 30.3 Å². The van der Waals surface area contributed by atoms with Crippen molar-refractivity contribution in [3.8, 4) is 0 Å². The summed E-state index contributed by atoms with van der Waals surface area (Å²) in [4.78, 5) is 11.7. The lowest BCUT2D eigenvalue weighted by Gasteiger charge is -2.23. The predicted molar refractivity (Wildman–Crippen MR) is 75.3 cm³/mol. The van der Waals surface area contributed by atoms with Crippen molar-refractivity contribution in [3.05, 3.63) is 46.9 Å². The van der Waals surface area contributed by atoms with E-state index in [2.05, 4.69) is 11.9 Å². The second-order valence-corrected chi connectivity index (χ2v) is 5.62. The van der Waals surface area contributed by atoms with Gasteiger partial charge in [0.15, 0.2) is 0 Å². The van der Waals surface area contributed by atoms with E-state index in [4.69, 9.17) is 16.3 Å². The van der Waals surface area contributed by atoms with E-state index in [0.717, 1.165) is 0 Å². The summed E-state index contributed by atoms with van der Waals surface area (Å²) >= 11 is 5.68. The SMILES string of the molecule is C=C(O)[C@@H](NC(=O)OC(C)(C)C)c1cccc(Cl)c1F. The van der Waals surface area contributed by atoms with Crippen molar-refractivity contribution in [2.75, 3.05) is 0 Å². The maximum Gasteiger partial charge on any atom is 0.408 e. The summed E-state index contributed by atoms with van der Waals surface area (Å²) in [5.74, 6) is -1.15. The Balaban J connectivity index is 2.99. The summed E-state index contributed by atoms with van der Waals surface area (Å²) in [7, 11) is 0. The standard InChI is InChI=1S/C14H17ClFNO3/c1-8(18)12(17-13(19)20-14(2,3)4)9-6-5-7-10(15)11(9)16/h5-7,12,18H,1H2,2-4H3,(H,17,19)/t12-/m1/s1. The van der Waals surface area contributed by atoms with E-state index >= 15 is 0 Å². The smallest absolute Gasteiger partial charge is 0.408 e. The highest BCUT2D eigenvalue weighted by Gasteiger charge is 2.25. The Morgan fingerprint density at radius 2 is 2.10 bits per heavy atom. The molecule has 0 saturated heterocycles. The second-order valence-electron chi connectivity index (χ2n) is 5.21. The van der Waals surface area contributed by atoms with Crippen LogP contribution >= 0.6 is 11.6 Å². The molecule has 0 spiro atoms. The quantitative estimate of drug-likeness (QED) is 0.826. The monoisotopic (exact) mass is 301 g/mol. The molecular formula is C14H17ClFNO3. The minimum absolute atomic E-state index is 0.0101. The second kappa shape index (κ2) is 6.13. The Labute approximate surface area is 122 Å². The zero-order chi connectivity index (χ0) is 15.5. The largest absolute Gasteiger partial charge is 0.510 e. The fourth-order valence-corrected chi connectivity index (χ4v) is 1.69. The third-order valence-electron chi connectivity index (χ3n) is 2.29. The van der Waals surface area contributed by atoms with Crippen LogP contribution in [0.4, 0.5) is 9.18 Å². The number of hydrogen-bond donors (Lipinski definition) is 2. The van der Waals surface area contributed by atoms with Gasteiger partial charge in [-0.25, -0.2) is 9.18 Å². The number of carbonyl (C=O) groups is 1. The molecule has 110 valence electrons. The molecule has 0 aromatic heterocycles. The van der Waals surface area contributed by atoms with Gasteiger partial charge in [0, 0.05) is 5.56 Å². The number of halogens is 2. The minimum Gasteiger partial charge on any atom is -0.510 e. The molecule has 0 fully saturated rings. The molecule has 20 heavy (non-hydrogen) atoms. The van der Waals surface area contributed by atoms with Crippen LogP contribution in [0.5, 0.6) is 0 Å². The zero-order valence-electron chi connectivity index (χ0n) is 11.5. The Morgan fingerprint density at radius 3 is 2.60 bits per heavy atom. The van der Waals surface area contributed by atoms with E-state index in [1.807, 2.05) is 0 Å². The van der Waals surface area contributed by atoms with Crippen LogP contribution < -0.4 is 5.32 Å². The van der Waals surface area contributed by atoms with Gasteiger partial charge in [-0.2, -0.15) is 0 Å². The van der Waals surface area contributed by atoms with Crippen LogP contribution in [0.15, 0.2) is 30.5 Å². The average molecular weight is 302 g/mol. The molecule has 0 bridgehead atoms. The molecule has 0 aliphatic carbocycles. The highest BCUT2D eigenvalue weighted by Crippen LogP contribution is 2.26. The average Bonchev–Trinajstić information content (AvgIpc) is 2.27. The van der Waals surface area contributed by atoms with E-state index in [0.29, 0.717) is 0 Å². The highest BCUT2D eigenvalue weighted by molar-refractivity contribution is 6.30. The third-order valence-corrected chi connectivity index (χ3v) is 2.58. The predicted octanol–water partition coefficient (Wildman–Crippen LogP) is 4.12. The number of amides is 1. The number of ether oxygens (including phenoxy) is 1. The van der Waals surface area contributed by atoms with Crippen LogP contribution in [-0.2, 0) is 4.74 Å². The van der Waals surface area contributed by atoms with E-state index in [1.165, 1.54) is 18.2 Å². The number of nitrogens with one attached hydrogen (secondary N) is 1. The van der Waals surface area contributed by atoms with Crippen molar-refractivity contribution in [2.45, 2.75) is 32.4 Å². The van der Waals surface area contributed by atoms with E-state index < -0.39 is 29.3 Å². The maximum absolute atomic E-state index is 13.9. The summed E-state index contributed by atoms with van der Waals surface area (Å²) in [6.07, 6.45) is -0.794. The van der Waals surface area contributed by atoms with Crippen molar-refractivity contribution < 1.29 is 19.0 Å². The first-order valence-corrected chi connectivity index (χ1v) is 6.31. The maximum atomic E-state index is 13.9. The van der Waals surface area contributed by atoms with Crippen LogP contribution in [0.25, 0.3) is 0 Å². The van der Waals surface area contributed by atoms with Crippen LogP contribution in [0, 0.1) is 5.82 Å². The fourth-order valence-electron chi connectivity index (χ4n) is 1.51. The van der Waals surface area contributed by atoms with E-state index in [9.17, 15) is 14.3 Å². The molecule has 1 aromatic carbocycles. The molecule has 0 aliphatic heterocycles. The highest BCUT2D eigenvalue weighted by atomic mass is 35.5. The fraction of sp³-hybridized carbons (Fsp3) is 0.357. The van der Waals surface area contributed by atoms with Gasteiger partial charge < -0.3 is 15.2 Å². The van der Waals surface area contributed by atoms with Gasteiger partial charge in [-0.05, 0) is 26.8 Å². The van der Waals surface area contributed by atoms with Crippen molar-refractivity contribution in [1.29, 1.82) is 0 Å². The number of hydrogen-bond acceptors (Lipinski definition) is 3. The molecule has 0 radical (unpaired) electrons. The molecule has 1 amide bonds. The molecule has 0 unspecified atom stereocenters. The molecule has 4 nitrogen and oxygen atoms in total. The molecule has 6 heteroatoms. The number of alkyl carbamates (subject to hydrolysis) is 1. The Hall–Kier alpha value is -1.75. The van der Waals surface area contributed by atoms with Crippen LogP contribution in [0.3, 0.4) is 0 Å². The number of rotatable bonds is 3. The molecule has 1 rings (SSSR count). The van der Waals surface area contributed by atoms with Gasteiger partial charge in [0.05, 0.1) is 5.02 Å². The van der Waals surface area contributed by atoms with Crippen LogP contribution in [-0.4, -0.2) is 16.8 Å². The summed E-state index contributed by atoms with van der Waals surface area (Å²) in [6.45, 7) is 8.40. The summed E-state index contributed by atoms with van der Waals surface area (Å²) in [5, 5.41) is 11.8. The molecule has 1 atom stereocenters. The zero-order valence-corrected chi connectivity index (χ0v) is 12.3. The van der Waals surface area contributed by atoms with Crippen LogP contribution in [0.1, 0.15) is 32.4 Å². The van der Waals surface area contributed by atoms with Crippen molar-refractivity contribution in [2.24, 2.45) is 0 Å². The number of carbonyl (C=O) groups excluding carboxylic acids is 1.